The minimum atomic E-state index is -0.229. The van der Waals surface area contributed by atoms with Crippen LogP contribution in [0.2, 0.25) is 0 Å². The van der Waals surface area contributed by atoms with E-state index in [4.69, 9.17) is 9.52 Å². The SMILES string of the molecule is Cc1ccc2oc(C(=O)N(C)C(C)CO)cc2c1. The Hall–Kier alpha value is -1.81. The number of aliphatic hydroxyl groups excluding tert-OH is 1. The van der Waals surface area contributed by atoms with Gasteiger partial charge in [-0.25, -0.2) is 0 Å². The number of nitrogens with zero attached hydrogens (tertiary/aromatic N) is 1. The lowest BCUT2D eigenvalue weighted by molar-refractivity contribution is 0.0653. The fourth-order valence-corrected chi connectivity index (χ4v) is 1.76. The predicted molar refractivity (Wildman–Crippen MR) is 69.6 cm³/mol. The number of aliphatic hydroxyl groups is 1. The highest BCUT2D eigenvalue weighted by atomic mass is 16.3. The zero-order valence-electron chi connectivity index (χ0n) is 10.8. The normalized spacial score (nSPS) is 12.7. The molecule has 1 atom stereocenters. The maximum absolute atomic E-state index is 12.1. The Labute approximate surface area is 106 Å². The van der Waals surface area contributed by atoms with Gasteiger partial charge in [0.25, 0.3) is 5.91 Å². The summed E-state index contributed by atoms with van der Waals surface area (Å²) < 4.78 is 5.53. The summed E-state index contributed by atoms with van der Waals surface area (Å²) in [6, 6.07) is 7.29. The Kier molecular flexibility index (Phi) is 3.39. The summed E-state index contributed by atoms with van der Waals surface area (Å²) >= 11 is 0. The predicted octanol–water partition coefficient (Wildman–Crippen LogP) is 2.19. The van der Waals surface area contributed by atoms with Crippen molar-refractivity contribution in [1.29, 1.82) is 0 Å². The van der Waals surface area contributed by atoms with Gasteiger partial charge in [0.15, 0.2) is 5.76 Å². The first-order valence-corrected chi connectivity index (χ1v) is 5.91. The zero-order chi connectivity index (χ0) is 13.3. The number of rotatable bonds is 3. The van der Waals surface area contributed by atoms with Gasteiger partial charge < -0.3 is 14.4 Å². The lowest BCUT2D eigenvalue weighted by Gasteiger charge is -2.21. The number of likely N-dealkylation sites (N-methyl/N-ethyl adjacent to an activating group) is 1. The average molecular weight is 247 g/mol. The fourth-order valence-electron chi connectivity index (χ4n) is 1.76. The van der Waals surface area contributed by atoms with Gasteiger partial charge in [-0.2, -0.15) is 0 Å². The summed E-state index contributed by atoms with van der Waals surface area (Å²) in [7, 11) is 1.65. The Bertz CT molecular complexity index is 573. The molecule has 4 heteroatoms. The van der Waals surface area contributed by atoms with Crippen molar-refractivity contribution in [1.82, 2.24) is 4.90 Å². The largest absolute Gasteiger partial charge is 0.451 e. The summed E-state index contributed by atoms with van der Waals surface area (Å²) in [5.41, 5.74) is 1.83. The van der Waals surface area contributed by atoms with Crippen molar-refractivity contribution in [3.63, 3.8) is 0 Å². The second-order valence-corrected chi connectivity index (χ2v) is 4.60. The molecule has 0 saturated carbocycles. The molecule has 0 spiro atoms. The van der Waals surface area contributed by atoms with E-state index in [1.54, 1.807) is 20.0 Å². The van der Waals surface area contributed by atoms with Crippen LogP contribution in [0.4, 0.5) is 0 Å². The number of carbonyl (C=O) groups is 1. The lowest BCUT2D eigenvalue weighted by Crippen LogP contribution is -2.37. The number of fused-ring (bicyclic) bond motifs is 1. The molecule has 2 rings (SSSR count). The summed E-state index contributed by atoms with van der Waals surface area (Å²) in [6.45, 7) is 3.71. The quantitative estimate of drug-likeness (QED) is 0.904. The smallest absolute Gasteiger partial charge is 0.289 e. The molecule has 0 radical (unpaired) electrons. The maximum atomic E-state index is 12.1. The maximum Gasteiger partial charge on any atom is 0.289 e. The molecule has 0 bridgehead atoms. The summed E-state index contributed by atoms with van der Waals surface area (Å²) in [6.07, 6.45) is 0. The number of aryl methyl sites for hydroxylation is 1. The third kappa shape index (κ3) is 2.24. The lowest BCUT2D eigenvalue weighted by atomic mass is 10.2. The fraction of sp³-hybridized carbons (Fsp3) is 0.357. The average Bonchev–Trinajstić information content (AvgIpc) is 2.78. The number of benzene rings is 1. The van der Waals surface area contributed by atoms with Gasteiger partial charge in [0.05, 0.1) is 12.6 Å². The molecule has 1 aromatic carbocycles. The Morgan fingerprint density at radius 2 is 2.17 bits per heavy atom. The molecule has 0 fully saturated rings. The summed E-state index contributed by atoms with van der Waals surface area (Å²) in [5.74, 6) is 0.0869. The third-order valence-electron chi connectivity index (χ3n) is 3.13. The van der Waals surface area contributed by atoms with Crippen molar-refractivity contribution < 1.29 is 14.3 Å². The van der Waals surface area contributed by atoms with Crippen molar-refractivity contribution in [2.24, 2.45) is 0 Å². The standard InChI is InChI=1S/C14H17NO3/c1-9-4-5-12-11(6-9)7-13(18-12)14(17)15(3)10(2)8-16/h4-7,10,16H,8H2,1-3H3. The van der Waals surface area contributed by atoms with Gasteiger partial charge in [-0.1, -0.05) is 11.6 Å². The third-order valence-corrected chi connectivity index (χ3v) is 3.13. The van der Waals surface area contributed by atoms with Gasteiger partial charge in [0.2, 0.25) is 0 Å². The van der Waals surface area contributed by atoms with Crippen LogP contribution in [-0.4, -0.2) is 35.6 Å². The van der Waals surface area contributed by atoms with Gasteiger partial charge >= 0.3 is 0 Å². The summed E-state index contributed by atoms with van der Waals surface area (Å²) in [5, 5.41) is 9.97. The molecule has 1 N–H and O–H groups in total. The minimum Gasteiger partial charge on any atom is -0.451 e. The van der Waals surface area contributed by atoms with E-state index in [0.29, 0.717) is 11.3 Å². The minimum absolute atomic E-state index is 0.0679. The van der Waals surface area contributed by atoms with Crippen molar-refractivity contribution in [3.05, 3.63) is 35.6 Å². The van der Waals surface area contributed by atoms with Crippen LogP contribution in [0, 0.1) is 6.92 Å². The van der Waals surface area contributed by atoms with Crippen molar-refractivity contribution >= 4 is 16.9 Å². The van der Waals surface area contributed by atoms with E-state index in [0.717, 1.165) is 10.9 Å². The van der Waals surface area contributed by atoms with Crippen LogP contribution in [0.5, 0.6) is 0 Å². The van der Waals surface area contributed by atoms with Gasteiger partial charge in [0, 0.05) is 12.4 Å². The van der Waals surface area contributed by atoms with E-state index in [9.17, 15) is 4.79 Å². The molecule has 0 aliphatic carbocycles. The van der Waals surface area contributed by atoms with Crippen LogP contribution in [0.25, 0.3) is 11.0 Å². The van der Waals surface area contributed by atoms with Gasteiger partial charge in [0.1, 0.15) is 5.58 Å². The Balaban J connectivity index is 2.33. The number of hydrogen-bond donors (Lipinski definition) is 1. The van der Waals surface area contributed by atoms with Crippen molar-refractivity contribution in [2.45, 2.75) is 19.9 Å². The Morgan fingerprint density at radius 1 is 1.44 bits per heavy atom. The van der Waals surface area contributed by atoms with Gasteiger partial charge in [-0.05, 0) is 32.0 Å². The second kappa shape index (κ2) is 4.82. The van der Waals surface area contributed by atoms with E-state index in [1.807, 2.05) is 25.1 Å². The molecule has 1 unspecified atom stereocenters. The molecule has 1 aromatic heterocycles. The molecule has 1 amide bonds. The van der Waals surface area contributed by atoms with Gasteiger partial charge in [-0.15, -0.1) is 0 Å². The number of furan rings is 1. The molecular formula is C14H17NO3. The van der Waals surface area contributed by atoms with Crippen LogP contribution in [0.1, 0.15) is 23.0 Å². The van der Waals surface area contributed by atoms with Crippen molar-refractivity contribution in [3.8, 4) is 0 Å². The highest BCUT2D eigenvalue weighted by Gasteiger charge is 2.20. The second-order valence-electron chi connectivity index (χ2n) is 4.60. The van der Waals surface area contributed by atoms with Gasteiger partial charge in [-0.3, -0.25) is 4.79 Å². The molecule has 18 heavy (non-hydrogen) atoms. The van der Waals surface area contributed by atoms with E-state index in [-0.39, 0.29) is 18.6 Å². The molecule has 96 valence electrons. The van der Waals surface area contributed by atoms with Crippen LogP contribution < -0.4 is 0 Å². The zero-order valence-corrected chi connectivity index (χ0v) is 10.8. The highest BCUT2D eigenvalue weighted by molar-refractivity contribution is 5.96. The van der Waals surface area contributed by atoms with Crippen LogP contribution in [0.15, 0.2) is 28.7 Å². The topological polar surface area (TPSA) is 53.7 Å². The van der Waals surface area contributed by atoms with E-state index >= 15 is 0 Å². The first-order valence-electron chi connectivity index (χ1n) is 5.91. The van der Waals surface area contributed by atoms with Crippen LogP contribution in [0.3, 0.4) is 0 Å². The number of amides is 1. The monoisotopic (exact) mass is 247 g/mol. The molecule has 0 aliphatic heterocycles. The summed E-state index contributed by atoms with van der Waals surface area (Å²) in [4.78, 5) is 13.6. The molecule has 0 aliphatic rings. The molecule has 1 heterocycles. The van der Waals surface area contributed by atoms with E-state index < -0.39 is 0 Å². The highest BCUT2D eigenvalue weighted by Crippen LogP contribution is 2.21. The molecule has 2 aromatic rings. The van der Waals surface area contributed by atoms with E-state index in [2.05, 4.69) is 0 Å². The first kappa shape index (κ1) is 12.6. The van der Waals surface area contributed by atoms with Crippen LogP contribution >= 0.6 is 0 Å². The molecule has 4 nitrogen and oxygen atoms in total. The Morgan fingerprint density at radius 3 is 2.83 bits per heavy atom. The van der Waals surface area contributed by atoms with E-state index in [1.165, 1.54) is 4.90 Å². The first-order chi connectivity index (χ1) is 8.52. The molecular weight excluding hydrogens is 230 g/mol. The van der Waals surface area contributed by atoms with Crippen molar-refractivity contribution in [2.75, 3.05) is 13.7 Å². The molecule has 0 saturated heterocycles. The number of carbonyl (C=O) groups excluding carboxylic acids is 1. The number of hydrogen-bond acceptors (Lipinski definition) is 3. The van der Waals surface area contributed by atoms with Crippen LogP contribution in [-0.2, 0) is 0 Å².